The Hall–Kier alpha value is -2.82. The number of ether oxygens (including phenoxy) is 1. The second-order valence-corrected chi connectivity index (χ2v) is 8.11. The fraction of sp³-hybridized carbons (Fsp3) is 0.481. The van der Waals surface area contributed by atoms with Crippen molar-refractivity contribution in [1.82, 2.24) is 9.55 Å². The molecule has 5 heteroatoms. The second-order valence-electron chi connectivity index (χ2n) is 8.11. The van der Waals surface area contributed by atoms with Gasteiger partial charge in [0.15, 0.2) is 0 Å². The molecule has 0 aliphatic carbocycles. The van der Waals surface area contributed by atoms with Gasteiger partial charge < -0.3 is 14.2 Å². The molecule has 1 fully saturated rings. The van der Waals surface area contributed by atoms with Gasteiger partial charge in [-0.2, -0.15) is 0 Å². The quantitative estimate of drug-likeness (QED) is 0.439. The molecule has 4 rings (SSSR count). The zero-order chi connectivity index (χ0) is 23.9. The number of benzene rings is 2. The van der Waals surface area contributed by atoms with Crippen LogP contribution in [0.4, 0.5) is 5.69 Å². The molecule has 3 aromatic rings. The van der Waals surface area contributed by atoms with Gasteiger partial charge in [-0.15, -0.1) is 0 Å². The zero-order valence-electron chi connectivity index (χ0n) is 21.0. The van der Waals surface area contributed by atoms with Gasteiger partial charge in [0.05, 0.1) is 23.6 Å². The van der Waals surface area contributed by atoms with Gasteiger partial charge >= 0.3 is 5.97 Å². The van der Waals surface area contributed by atoms with Crippen LogP contribution in [0.25, 0.3) is 22.4 Å². The average molecular weight is 438 g/mol. The number of imidazole rings is 1. The molecule has 2 heterocycles. The number of aryl methyl sites for hydroxylation is 1. The molecule has 32 heavy (non-hydrogen) atoms. The number of fused-ring (bicyclic) bond motifs is 1. The van der Waals surface area contributed by atoms with Crippen molar-refractivity contribution in [3.8, 4) is 11.4 Å². The van der Waals surface area contributed by atoms with E-state index in [0.29, 0.717) is 13.2 Å². The van der Waals surface area contributed by atoms with Gasteiger partial charge in [-0.05, 0) is 51.5 Å². The number of rotatable bonds is 4. The Morgan fingerprint density at radius 2 is 1.78 bits per heavy atom. The maximum absolute atomic E-state index is 12.3. The average Bonchev–Trinajstić information content (AvgIpc) is 3.33. The predicted octanol–water partition coefficient (Wildman–Crippen LogP) is 6.46. The van der Waals surface area contributed by atoms with Crippen LogP contribution >= 0.6 is 0 Å². The maximum atomic E-state index is 12.3. The maximum Gasteiger partial charge on any atom is 0.310 e. The number of para-hydroxylation sites is 2. The van der Waals surface area contributed by atoms with E-state index in [1.165, 1.54) is 0 Å². The van der Waals surface area contributed by atoms with Crippen molar-refractivity contribution in [2.45, 2.75) is 60.4 Å². The summed E-state index contributed by atoms with van der Waals surface area (Å²) in [5.41, 5.74) is 4.19. The van der Waals surface area contributed by atoms with Gasteiger partial charge in [0.1, 0.15) is 5.82 Å². The van der Waals surface area contributed by atoms with E-state index in [1.54, 1.807) is 0 Å². The first-order valence-electron chi connectivity index (χ1n) is 11.9. The van der Waals surface area contributed by atoms with Crippen molar-refractivity contribution in [2.75, 3.05) is 18.1 Å². The van der Waals surface area contributed by atoms with Crippen LogP contribution in [0.5, 0.6) is 0 Å². The van der Waals surface area contributed by atoms with Crippen LogP contribution < -0.4 is 4.90 Å². The minimum absolute atomic E-state index is 0.0886. The zero-order valence-corrected chi connectivity index (χ0v) is 21.0. The van der Waals surface area contributed by atoms with E-state index in [2.05, 4.69) is 53.6 Å². The summed E-state index contributed by atoms with van der Waals surface area (Å²) in [5.74, 6) is 0.765. The number of hydrogen-bond acceptors (Lipinski definition) is 4. The van der Waals surface area contributed by atoms with E-state index >= 15 is 0 Å². The number of hydrogen-bond donors (Lipinski definition) is 0. The van der Waals surface area contributed by atoms with Gasteiger partial charge in [0.25, 0.3) is 0 Å². The molecule has 1 saturated heterocycles. The highest BCUT2D eigenvalue weighted by molar-refractivity contribution is 5.81. The standard InChI is InChI=1S/C23H27N3O2.2C2H6/c1-5-28-22(27)17-14-23(2,3)26(15-17)18-10-8-9-16(13-18)21-24-19-11-6-7-12-20(19)25(21)4;2*1-2/h6-13,17H,5,14-15H2,1-4H3;2*1-2H3. The van der Waals surface area contributed by atoms with Crippen LogP contribution in [0, 0.1) is 5.92 Å². The first-order valence-corrected chi connectivity index (χ1v) is 11.9. The molecule has 174 valence electrons. The van der Waals surface area contributed by atoms with Gasteiger partial charge in [0.2, 0.25) is 0 Å². The van der Waals surface area contributed by atoms with Gasteiger partial charge in [0, 0.05) is 30.4 Å². The van der Waals surface area contributed by atoms with Crippen LogP contribution in [0.2, 0.25) is 0 Å². The van der Waals surface area contributed by atoms with E-state index in [1.807, 2.05) is 59.9 Å². The first-order chi connectivity index (χ1) is 15.4. The van der Waals surface area contributed by atoms with E-state index in [0.717, 1.165) is 34.5 Å². The van der Waals surface area contributed by atoms with Crippen molar-refractivity contribution in [2.24, 2.45) is 13.0 Å². The summed E-state index contributed by atoms with van der Waals surface area (Å²) in [7, 11) is 2.05. The number of nitrogens with zero attached hydrogens (tertiary/aromatic N) is 3. The Morgan fingerprint density at radius 3 is 2.44 bits per heavy atom. The molecule has 1 atom stereocenters. The van der Waals surface area contributed by atoms with E-state index in [-0.39, 0.29) is 17.4 Å². The molecular weight excluding hydrogens is 398 g/mol. The third-order valence-electron chi connectivity index (χ3n) is 5.70. The van der Waals surface area contributed by atoms with Gasteiger partial charge in [-0.1, -0.05) is 52.0 Å². The Morgan fingerprint density at radius 1 is 1.09 bits per heavy atom. The van der Waals surface area contributed by atoms with E-state index in [9.17, 15) is 4.79 Å². The third-order valence-corrected chi connectivity index (χ3v) is 5.70. The molecule has 0 spiro atoms. The van der Waals surface area contributed by atoms with Crippen LogP contribution in [0.15, 0.2) is 48.5 Å². The highest BCUT2D eigenvalue weighted by Crippen LogP contribution is 2.38. The highest BCUT2D eigenvalue weighted by atomic mass is 16.5. The van der Waals surface area contributed by atoms with E-state index in [4.69, 9.17) is 9.72 Å². The normalized spacial score (nSPS) is 16.6. The highest BCUT2D eigenvalue weighted by Gasteiger charge is 2.42. The predicted molar refractivity (Wildman–Crippen MR) is 135 cm³/mol. The molecule has 0 amide bonds. The Bertz CT molecular complexity index is 1020. The van der Waals surface area contributed by atoms with Crippen molar-refractivity contribution in [3.05, 3.63) is 48.5 Å². The molecule has 0 bridgehead atoms. The van der Waals surface area contributed by atoms with Crippen molar-refractivity contribution >= 4 is 22.7 Å². The topological polar surface area (TPSA) is 47.4 Å². The molecule has 1 unspecified atom stereocenters. The molecule has 1 aliphatic rings. The van der Waals surface area contributed by atoms with E-state index < -0.39 is 0 Å². The Balaban J connectivity index is 0.000000860. The summed E-state index contributed by atoms with van der Waals surface area (Å²) in [6.45, 7) is 15.3. The lowest BCUT2D eigenvalue weighted by atomic mass is 9.96. The molecular formula is C27H39N3O2. The first kappa shape index (κ1) is 25.4. The molecule has 0 N–H and O–H groups in total. The summed E-state index contributed by atoms with van der Waals surface area (Å²) in [5, 5.41) is 0. The van der Waals surface area contributed by atoms with Crippen LogP contribution in [-0.2, 0) is 16.6 Å². The summed E-state index contributed by atoms with van der Waals surface area (Å²) in [6.07, 6.45) is 0.794. The summed E-state index contributed by atoms with van der Waals surface area (Å²) < 4.78 is 7.40. The largest absolute Gasteiger partial charge is 0.466 e. The van der Waals surface area contributed by atoms with Crippen molar-refractivity contribution in [1.29, 1.82) is 0 Å². The van der Waals surface area contributed by atoms with Gasteiger partial charge in [-0.25, -0.2) is 4.98 Å². The van der Waals surface area contributed by atoms with Crippen LogP contribution in [0.3, 0.4) is 0 Å². The lowest BCUT2D eigenvalue weighted by Crippen LogP contribution is -2.38. The number of anilines is 1. The van der Waals surface area contributed by atoms with Crippen molar-refractivity contribution < 1.29 is 9.53 Å². The van der Waals surface area contributed by atoms with Gasteiger partial charge in [-0.3, -0.25) is 4.79 Å². The Kier molecular flexibility index (Phi) is 8.88. The molecule has 1 aliphatic heterocycles. The summed E-state index contributed by atoms with van der Waals surface area (Å²) in [4.78, 5) is 19.4. The lowest BCUT2D eigenvalue weighted by molar-refractivity contribution is -0.147. The molecule has 2 aromatic carbocycles. The number of aromatic nitrogens is 2. The molecule has 0 radical (unpaired) electrons. The number of carbonyl (C=O) groups excluding carboxylic acids is 1. The third kappa shape index (κ3) is 5.14. The molecule has 0 saturated carbocycles. The molecule has 5 nitrogen and oxygen atoms in total. The minimum Gasteiger partial charge on any atom is -0.466 e. The second kappa shape index (κ2) is 11.2. The Labute approximate surface area is 193 Å². The van der Waals surface area contributed by atoms with Crippen LogP contribution in [-0.4, -0.2) is 34.2 Å². The summed E-state index contributed by atoms with van der Waals surface area (Å²) >= 11 is 0. The van der Waals surface area contributed by atoms with Crippen molar-refractivity contribution in [3.63, 3.8) is 0 Å². The molecule has 1 aromatic heterocycles. The minimum atomic E-state index is -0.109. The number of esters is 1. The summed E-state index contributed by atoms with van der Waals surface area (Å²) in [6, 6.07) is 16.6. The SMILES string of the molecule is CC.CC.CCOC(=O)C1CN(c2cccc(-c3nc4ccccc4n3C)c2)C(C)(C)C1. The lowest BCUT2D eigenvalue weighted by Gasteiger charge is -2.33. The monoisotopic (exact) mass is 437 g/mol. The fourth-order valence-electron chi connectivity index (χ4n) is 4.33. The fourth-order valence-corrected chi connectivity index (χ4v) is 4.33. The number of carbonyl (C=O) groups is 1. The smallest absolute Gasteiger partial charge is 0.310 e. The van der Waals surface area contributed by atoms with Crippen LogP contribution in [0.1, 0.15) is 54.9 Å².